The molecule has 7 heteroatoms. The summed E-state index contributed by atoms with van der Waals surface area (Å²) in [7, 11) is 2.86. The van der Waals surface area contributed by atoms with E-state index in [0.717, 1.165) is 22.3 Å². The van der Waals surface area contributed by atoms with Crippen LogP contribution in [0.5, 0.6) is 0 Å². The smallest absolute Gasteiger partial charge is 0.261 e. The maximum absolute atomic E-state index is 14.2. The lowest BCUT2D eigenvalue weighted by atomic mass is 9.84. The minimum atomic E-state index is -0.450. The number of rotatable bonds is 7. The number of benzene rings is 1. The number of carbonyl (C=O) groups excluding carboxylic acids is 2. The molecule has 0 saturated carbocycles. The SMILES string of the molecule is COC1=CC(=CC2=C(C)C(C(C)C(=O)NCc3ccco3)c3cc(F)ccc32)C=C(OC)C1=O. The third-order valence-electron chi connectivity index (χ3n) is 6.25. The van der Waals surface area contributed by atoms with E-state index in [9.17, 15) is 14.0 Å². The van der Waals surface area contributed by atoms with E-state index in [1.807, 2.05) is 19.9 Å². The normalized spacial score (nSPS) is 18.2. The molecule has 0 aliphatic heterocycles. The van der Waals surface area contributed by atoms with Crippen LogP contribution in [0.1, 0.15) is 36.7 Å². The van der Waals surface area contributed by atoms with E-state index in [2.05, 4.69) is 5.32 Å². The number of Topliss-reactive ketones (excluding diaryl/α,β-unsaturated/α-hetero) is 1. The Morgan fingerprint density at radius 3 is 2.53 bits per heavy atom. The molecular formula is C27H26FNO5. The van der Waals surface area contributed by atoms with Gasteiger partial charge in [0.25, 0.3) is 5.78 Å². The van der Waals surface area contributed by atoms with Crippen LogP contribution in [0.15, 0.2) is 81.9 Å². The summed E-state index contributed by atoms with van der Waals surface area (Å²) in [4.78, 5) is 25.3. The van der Waals surface area contributed by atoms with Crippen molar-refractivity contribution in [2.45, 2.75) is 26.3 Å². The van der Waals surface area contributed by atoms with Crippen molar-refractivity contribution in [3.8, 4) is 0 Å². The monoisotopic (exact) mass is 463 g/mol. The maximum Gasteiger partial charge on any atom is 0.261 e. The van der Waals surface area contributed by atoms with E-state index in [1.54, 1.807) is 36.6 Å². The molecule has 0 bridgehead atoms. The highest BCUT2D eigenvalue weighted by Crippen LogP contribution is 2.47. The summed E-state index contributed by atoms with van der Waals surface area (Å²) in [6.07, 6.45) is 6.74. The van der Waals surface area contributed by atoms with Gasteiger partial charge in [-0.3, -0.25) is 9.59 Å². The van der Waals surface area contributed by atoms with Crippen LogP contribution in [0.25, 0.3) is 5.57 Å². The Morgan fingerprint density at radius 1 is 1.21 bits per heavy atom. The van der Waals surface area contributed by atoms with Crippen LogP contribution in [0.4, 0.5) is 4.39 Å². The number of furan rings is 1. The van der Waals surface area contributed by atoms with Gasteiger partial charge in [0, 0.05) is 11.8 Å². The van der Waals surface area contributed by atoms with E-state index >= 15 is 0 Å². The van der Waals surface area contributed by atoms with Crippen molar-refractivity contribution in [2.24, 2.45) is 5.92 Å². The van der Waals surface area contributed by atoms with Crippen LogP contribution in [-0.2, 0) is 25.6 Å². The molecule has 2 aliphatic rings. The predicted octanol–water partition coefficient (Wildman–Crippen LogP) is 4.81. The zero-order valence-corrected chi connectivity index (χ0v) is 19.5. The van der Waals surface area contributed by atoms with Gasteiger partial charge in [0.05, 0.1) is 27.0 Å². The first kappa shape index (κ1) is 23.3. The number of methoxy groups -OCH3 is 2. The highest BCUT2D eigenvalue weighted by molar-refractivity contribution is 6.07. The Balaban J connectivity index is 1.71. The van der Waals surface area contributed by atoms with Crippen molar-refractivity contribution in [3.63, 3.8) is 0 Å². The molecule has 2 atom stereocenters. The lowest BCUT2D eigenvalue weighted by Crippen LogP contribution is -2.32. The molecule has 1 heterocycles. The Labute approximate surface area is 197 Å². The molecule has 1 aromatic heterocycles. The van der Waals surface area contributed by atoms with Gasteiger partial charge < -0.3 is 19.2 Å². The van der Waals surface area contributed by atoms with Gasteiger partial charge in [0.1, 0.15) is 11.6 Å². The number of ether oxygens (including phenoxy) is 2. The fourth-order valence-electron chi connectivity index (χ4n) is 4.54. The number of allylic oxidation sites excluding steroid dienone is 6. The lowest BCUT2D eigenvalue weighted by Gasteiger charge is -2.22. The van der Waals surface area contributed by atoms with Crippen molar-refractivity contribution in [1.29, 1.82) is 0 Å². The number of fused-ring (bicyclic) bond motifs is 1. The van der Waals surface area contributed by atoms with E-state index in [4.69, 9.17) is 13.9 Å². The zero-order chi connectivity index (χ0) is 24.4. The summed E-state index contributed by atoms with van der Waals surface area (Å²) in [5, 5.41) is 2.90. The van der Waals surface area contributed by atoms with Crippen molar-refractivity contribution in [3.05, 3.63) is 100 Å². The fraction of sp³-hybridized carbons (Fsp3) is 0.259. The van der Waals surface area contributed by atoms with Gasteiger partial charge in [-0.25, -0.2) is 4.39 Å². The van der Waals surface area contributed by atoms with Crippen molar-refractivity contribution < 1.29 is 27.9 Å². The third-order valence-corrected chi connectivity index (χ3v) is 6.25. The average molecular weight is 464 g/mol. The summed E-state index contributed by atoms with van der Waals surface area (Å²) < 4.78 is 30.0. The number of halogens is 1. The molecule has 2 aliphatic carbocycles. The summed E-state index contributed by atoms with van der Waals surface area (Å²) in [5.74, 6) is -0.611. The van der Waals surface area contributed by atoms with Gasteiger partial charge in [-0.1, -0.05) is 18.6 Å². The van der Waals surface area contributed by atoms with Gasteiger partial charge >= 0.3 is 0 Å². The maximum atomic E-state index is 14.2. The van der Waals surface area contributed by atoms with Gasteiger partial charge in [-0.2, -0.15) is 0 Å². The first-order chi connectivity index (χ1) is 16.3. The molecule has 2 unspecified atom stereocenters. The van der Waals surface area contributed by atoms with Crippen LogP contribution in [0.2, 0.25) is 0 Å². The summed E-state index contributed by atoms with van der Waals surface area (Å²) in [6, 6.07) is 8.18. The fourth-order valence-corrected chi connectivity index (χ4v) is 4.54. The van der Waals surface area contributed by atoms with Crippen molar-refractivity contribution in [2.75, 3.05) is 14.2 Å². The van der Waals surface area contributed by atoms with Gasteiger partial charge in [0.2, 0.25) is 5.91 Å². The van der Waals surface area contributed by atoms with Gasteiger partial charge in [-0.15, -0.1) is 0 Å². The number of amides is 1. The topological polar surface area (TPSA) is 77.8 Å². The van der Waals surface area contributed by atoms with Crippen LogP contribution >= 0.6 is 0 Å². The summed E-state index contributed by atoms with van der Waals surface area (Å²) in [6.45, 7) is 4.06. The average Bonchev–Trinajstić information content (AvgIpc) is 3.44. The largest absolute Gasteiger partial charge is 0.492 e. The van der Waals surface area contributed by atoms with E-state index < -0.39 is 5.92 Å². The predicted molar refractivity (Wildman–Crippen MR) is 125 cm³/mol. The quantitative estimate of drug-likeness (QED) is 0.638. The molecule has 6 nitrogen and oxygen atoms in total. The molecule has 1 amide bonds. The van der Waals surface area contributed by atoms with Crippen molar-refractivity contribution >= 4 is 17.3 Å². The summed E-state index contributed by atoms with van der Waals surface area (Å²) >= 11 is 0. The molecule has 2 aromatic rings. The molecule has 1 aromatic carbocycles. The minimum Gasteiger partial charge on any atom is -0.492 e. The van der Waals surface area contributed by atoms with Crippen LogP contribution < -0.4 is 5.32 Å². The Kier molecular flexibility index (Phi) is 6.54. The standard InChI is InChI=1S/C27H26FNO5/c1-15-21(10-17-11-23(32-3)26(30)24(12-17)33-4)20-8-7-18(28)13-22(20)25(15)16(2)27(31)29-14-19-6-5-9-34-19/h5-13,16,25H,14H2,1-4H3,(H,29,31). The summed E-state index contributed by atoms with van der Waals surface area (Å²) in [5.41, 5.74) is 4.11. The number of carbonyl (C=O) groups is 2. The second kappa shape index (κ2) is 9.55. The van der Waals surface area contributed by atoms with Gasteiger partial charge in [0.15, 0.2) is 11.5 Å². The first-order valence-electron chi connectivity index (χ1n) is 10.9. The highest BCUT2D eigenvalue weighted by Gasteiger charge is 2.35. The molecule has 34 heavy (non-hydrogen) atoms. The molecule has 0 fully saturated rings. The third kappa shape index (κ3) is 4.33. The molecule has 0 spiro atoms. The van der Waals surface area contributed by atoms with E-state index in [1.165, 1.54) is 26.4 Å². The number of hydrogen-bond acceptors (Lipinski definition) is 5. The molecule has 0 saturated heterocycles. The number of nitrogens with one attached hydrogen (secondary N) is 1. The molecule has 0 radical (unpaired) electrons. The first-order valence-corrected chi connectivity index (χ1v) is 10.9. The van der Waals surface area contributed by atoms with Crippen LogP contribution in [-0.4, -0.2) is 25.9 Å². The number of hydrogen-bond donors (Lipinski definition) is 1. The Hall–Kier alpha value is -3.87. The molecular weight excluding hydrogens is 437 g/mol. The van der Waals surface area contributed by atoms with E-state index in [0.29, 0.717) is 11.3 Å². The lowest BCUT2D eigenvalue weighted by molar-refractivity contribution is -0.125. The molecule has 1 N–H and O–H groups in total. The van der Waals surface area contributed by atoms with E-state index in [-0.39, 0.29) is 41.5 Å². The zero-order valence-electron chi connectivity index (χ0n) is 19.5. The van der Waals surface area contributed by atoms with Crippen LogP contribution in [0, 0.1) is 11.7 Å². The highest BCUT2D eigenvalue weighted by atomic mass is 19.1. The molecule has 176 valence electrons. The van der Waals surface area contributed by atoms with Crippen LogP contribution in [0.3, 0.4) is 0 Å². The Bertz CT molecular complexity index is 1220. The second-order valence-corrected chi connectivity index (χ2v) is 8.29. The number of ketones is 1. The second-order valence-electron chi connectivity index (χ2n) is 8.29. The van der Waals surface area contributed by atoms with Gasteiger partial charge in [-0.05, 0) is 71.7 Å². The Morgan fingerprint density at radius 2 is 1.91 bits per heavy atom. The van der Waals surface area contributed by atoms with Crippen molar-refractivity contribution in [1.82, 2.24) is 5.32 Å². The minimum absolute atomic E-state index is 0.156. The molecule has 4 rings (SSSR count).